The Morgan fingerprint density at radius 1 is 1.45 bits per heavy atom. The van der Waals surface area contributed by atoms with E-state index < -0.39 is 15.9 Å². The molecule has 22 heavy (non-hydrogen) atoms. The first kappa shape index (κ1) is 16.7. The molecule has 122 valence electrons. The maximum atomic E-state index is 12.7. The molecule has 1 saturated heterocycles. The van der Waals surface area contributed by atoms with Gasteiger partial charge in [0.25, 0.3) is 0 Å². The van der Waals surface area contributed by atoms with E-state index in [1.807, 2.05) is 0 Å². The third-order valence-electron chi connectivity index (χ3n) is 3.90. The summed E-state index contributed by atoms with van der Waals surface area (Å²) in [5.41, 5.74) is 2.84. The van der Waals surface area contributed by atoms with Crippen LogP contribution in [0.15, 0.2) is 23.1 Å². The molecule has 1 fully saturated rings. The van der Waals surface area contributed by atoms with E-state index in [4.69, 9.17) is 10.6 Å². The molecule has 0 saturated carbocycles. The summed E-state index contributed by atoms with van der Waals surface area (Å²) in [6, 6.07) is 4.74. The van der Waals surface area contributed by atoms with Crippen LogP contribution in [-0.4, -0.2) is 38.8 Å². The normalized spacial score (nSPS) is 19.7. The summed E-state index contributed by atoms with van der Waals surface area (Å²) in [6.45, 7) is 2.34. The van der Waals surface area contributed by atoms with Crippen LogP contribution in [0.2, 0.25) is 0 Å². The lowest BCUT2D eigenvalue weighted by Gasteiger charge is -2.31. The number of ether oxygens (including phenoxy) is 1. The largest absolute Gasteiger partial charge is 0.496 e. The Labute approximate surface area is 130 Å². The van der Waals surface area contributed by atoms with Gasteiger partial charge in [-0.3, -0.25) is 10.2 Å². The van der Waals surface area contributed by atoms with Crippen molar-refractivity contribution in [1.82, 2.24) is 9.73 Å². The smallest absolute Gasteiger partial charge is 0.243 e. The first-order valence-electron chi connectivity index (χ1n) is 7.05. The highest BCUT2D eigenvalue weighted by atomic mass is 32.2. The number of nitrogens with two attached hydrogens (primary N) is 1. The average molecular weight is 327 g/mol. The van der Waals surface area contributed by atoms with E-state index in [2.05, 4.69) is 5.43 Å². The van der Waals surface area contributed by atoms with E-state index in [-0.39, 0.29) is 17.3 Å². The predicted octanol–water partition coefficient (Wildman–Crippen LogP) is 0.394. The molecule has 0 bridgehead atoms. The van der Waals surface area contributed by atoms with E-state index >= 15 is 0 Å². The fraction of sp³-hybridized carbons (Fsp3) is 0.500. The summed E-state index contributed by atoms with van der Waals surface area (Å²) in [5, 5.41) is 0. The lowest BCUT2D eigenvalue weighted by atomic mass is 9.99. The third kappa shape index (κ3) is 3.23. The standard InChI is InChI=1S/C14H21N3O4S/c1-10-8-12(5-6-13(10)21-2)22(19,20)17-7-3-4-11(9-17)14(18)16-15/h5-6,8,11H,3-4,7,9,15H2,1-2H3,(H,16,18)/t11-/m0/s1. The number of hydrogen-bond donors (Lipinski definition) is 2. The zero-order valence-electron chi connectivity index (χ0n) is 12.7. The van der Waals surface area contributed by atoms with Crippen LogP contribution in [0, 0.1) is 12.8 Å². The van der Waals surface area contributed by atoms with Gasteiger partial charge in [0.2, 0.25) is 15.9 Å². The minimum absolute atomic E-state index is 0.149. The minimum atomic E-state index is -3.63. The molecule has 0 aromatic heterocycles. The van der Waals surface area contributed by atoms with Gasteiger partial charge >= 0.3 is 0 Å². The van der Waals surface area contributed by atoms with Crippen LogP contribution < -0.4 is 16.0 Å². The maximum absolute atomic E-state index is 12.7. The van der Waals surface area contributed by atoms with Crippen molar-refractivity contribution in [3.8, 4) is 5.75 Å². The van der Waals surface area contributed by atoms with Crippen molar-refractivity contribution in [2.24, 2.45) is 11.8 Å². The summed E-state index contributed by atoms with van der Waals surface area (Å²) < 4.78 is 31.9. The van der Waals surface area contributed by atoms with Crippen LogP contribution in [-0.2, 0) is 14.8 Å². The summed E-state index contributed by atoms with van der Waals surface area (Å²) in [4.78, 5) is 11.8. The van der Waals surface area contributed by atoms with E-state index in [1.165, 1.54) is 17.5 Å². The number of amides is 1. The number of methoxy groups -OCH3 is 1. The molecule has 7 nitrogen and oxygen atoms in total. The molecule has 1 atom stereocenters. The van der Waals surface area contributed by atoms with Gasteiger partial charge in [-0.25, -0.2) is 14.3 Å². The Balaban J connectivity index is 2.26. The van der Waals surface area contributed by atoms with Gasteiger partial charge in [-0.15, -0.1) is 0 Å². The van der Waals surface area contributed by atoms with Crippen LogP contribution in [0.1, 0.15) is 18.4 Å². The zero-order valence-corrected chi connectivity index (χ0v) is 13.5. The second kappa shape index (κ2) is 6.64. The monoisotopic (exact) mass is 327 g/mol. The topological polar surface area (TPSA) is 102 Å². The lowest BCUT2D eigenvalue weighted by molar-refractivity contribution is -0.126. The minimum Gasteiger partial charge on any atom is -0.496 e. The second-order valence-corrected chi connectivity index (χ2v) is 7.28. The van der Waals surface area contributed by atoms with Gasteiger partial charge in [-0.05, 0) is 43.5 Å². The molecule has 1 aromatic carbocycles. The molecule has 0 radical (unpaired) electrons. The number of nitrogens with one attached hydrogen (secondary N) is 1. The summed E-state index contributed by atoms with van der Waals surface area (Å²) in [6.07, 6.45) is 1.27. The van der Waals surface area contributed by atoms with E-state index in [0.29, 0.717) is 25.1 Å². The van der Waals surface area contributed by atoms with Gasteiger partial charge in [0.15, 0.2) is 0 Å². The first-order chi connectivity index (χ1) is 10.4. The number of benzene rings is 1. The highest BCUT2D eigenvalue weighted by molar-refractivity contribution is 7.89. The van der Waals surface area contributed by atoms with Crippen LogP contribution in [0.3, 0.4) is 0 Å². The third-order valence-corrected chi connectivity index (χ3v) is 5.76. The molecular formula is C14H21N3O4S. The fourth-order valence-corrected chi connectivity index (χ4v) is 4.26. The van der Waals surface area contributed by atoms with E-state index in [9.17, 15) is 13.2 Å². The Morgan fingerprint density at radius 3 is 2.77 bits per heavy atom. The van der Waals surface area contributed by atoms with Gasteiger partial charge in [0, 0.05) is 13.1 Å². The molecule has 1 heterocycles. The van der Waals surface area contributed by atoms with Crippen LogP contribution >= 0.6 is 0 Å². The maximum Gasteiger partial charge on any atom is 0.243 e. The lowest BCUT2D eigenvalue weighted by Crippen LogP contribution is -2.46. The van der Waals surface area contributed by atoms with Crippen LogP contribution in [0.25, 0.3) is 0 Å². The second-order valence-electron chi connectivity index (χ2n) is 5.34. The van der Waals surface area contributed by atoms with Gasteiger partial charge in [-0.2, -0.15) is 4.31 Å². The Kier molecular flexibility index (Phi) is 5.05. The van der Waals surface area contributed by atoms with Gasteiger partial charge in [0.1, 0.15) is 5.75 Å². The molecule has 8 heteroatoms. The Bertz CT molecular complexity index is 660. The molecule has 1 aliphatic heterocycles. The van der Waals surface area contributed by atoms with Crippen LogP contribution in [0.4, 0.5) is 0 Å². The number of piperidine rings is 1. The highest BCUT2D eigenvalue weighted by Gasteiger charge is 2.33. The quantitative estimate of drug-likeness (QED) is 0.473. The van der Waals surface area contributed by atoms with Crippen molar-refractivity contribution in [3.05, 3.63) is 23.8 Å². The molecule has 1 aliphatic rings. The number of sulfonamides is 1. The predicted molar refractivity (Wildman–Crippen MR) is 81.5 cm³/mol. The SMILES string of the molecule is COc1ccc(S(=O)(=O)N2CCC[C@H](C(=O)NN)C2)cc1C. The molecule has 0 unspecified atom stereocenters. The molecule has 0 spiro atoms. The number of rotatable bonds is 4. The number of hydrazine groups is 1. The Morgan fingerprint density at radius 2 is 2.18 bits per heavy atom. The highest BCUT2D eigenvalue weighted by Crippen LogP contribution is 2.27. The van der Waals surface area contributed by atoms with Crippen molar-refractivity contribution in [2.75, 3.05) is 20.2 Å². The van der Waals surface area contributed by atoms with Crippen LogP contribution in [0.5, 0.6) is 5.75 Å². The summed E-state index contributed by atoms with van der Waals surface area (Å²) in [5.74, 6) is 5.04. The van der Waals surface area contributed by atoms with E-state index in [0.717, 1.165) is 5.56 Å². The molecule has 1 aromatic rings. The Hall–Kier alpha value is -1.64. The van der Waals surface area contributed by atoms with Crippen molar-refractivity contribution in [2.45, 2.75) is 24.7 Å². The molecule has 1 amide bonds. The molecule has 3 N–H and O–H groups in total. The number of nitrogens with zero attached hydrogens (tertiary/aromatic N) is 1. The van der Waals surface area contributed by atoms with Gasteiger partial charge in [-0.1, -0.05) is 0 Å². The van der Waals surface area contributed by atoms with Crippen molar-refractivity contribution in [3.63, 3.8) is 0 Å². The van der Waals surface area contributed by atoms with Crippen molar-refractivity contribution < 1.29 is 17.9 Å². The number of hydrogen-bond acceptors (Lipinski definition) is 5. The molecule has 2 rings (SSSR count). The number of aryl methyl sites for hydroxylation is 1. The average Bonchev–Trinajstić information content (AvgIpc) is 2.54. The molecule has 0 aliphatic carbocycles. The van der Waals surface area contributed by atoms with Gasteiger partial charge < -0.3 is 4.74 Å². The van der Waals surface area contributed by atoms with Crippen molar-refractivity contribution in [1.29, 1.82) is 0 Å². The number of carbonyl (C=O) groups is 1. The zero-order chi connectivity index (χ0) is 16.3. The van der Waals surface area contributed by atoms with Gasteiger partial charge in [0.05, 0.1) is 17.9 Å². The number of carbonyl (C=O) groups excluding carboxylic acids is 1. The fourth-order valence-electron chi connectivity index (χ4n) is 2.65. The van der Waals surface area contributed by atoms with Crippen molar-refractivity contribution >= 4 is 15.9 Å². The van der Waals surface area contributed by atoms with E-state index in [1.54, 1.807) is 19.1 Å². The summed E-state index contributed by atoms with van der Waals surface area (Å²) >= 11 is 0. The molecular weight excluding hydrogens is 306 g/mol. The summed E-state index contributed by atoms with van der Waals surface area (Å²) in [7, 11) is -2.09. The first-order valence-corrected chi connectivity index (χ1v) is 8.49.